The Labute approximate surface area is 172 Å². The Hall–Kier alpha value is -3.32. The lowest BCUT2D eigenvalue weighted by molar-refractivity contribution is 0.0699. The fraction of sp³-hybridized carbons (Fsp3) is 0.261. The summed E-state index contributed by atoms with van der Waals surface area (Å²) >= 11 is 0. The van der Waals surface area contributed by atoms with E-state index in [-0.39, 0.29) is 45.8 Å². The van der Waals surface area contributed by atoms with Crippen LogP contribution in [0.2, 0.25) is 0 Å². The maximum absolute atomic E-state index is 13.1. The highest BCUT2D eigenvalue weighted by molar-refractivity contribution is 6.11. The third-order valence-corrected chi connectivity index (χ3v) is 4.86. The smallest absolute Gasteiger partial charge is 0.336 e. The molecule has 0 atom stereocenters. The van der Waals surface area contributed by atoms with Gasteiger partial charge < -0.3 is 14.9 Å². The van der Waals surface area contributed by atoms with Crippen molar-refractivity contribution >= 4 is 22.7 Å². The van der Waals surface area contributed by atoms with Crippen LogP contribution in [0.15, 0.2) is 42.6 Å². The first kappa shape index (κ1) is 21.4. The number of hydrogen-bond donors (Lipinski definition) is 2. The summed E-state index contributed by atoms with van der Waals surface area (Å²) in [5.41, 5.74) is 1.46. The molecule has 2 N–H and O–H groups in total. The first-order valence-corrected chi connectivity index (χ1v) is 9.55. The number of ketones is 1. The maximum Gasteiger partial charge on any atom is 0.336 e. The number of Topliss-reactive ketones (excluding diaryl/α,β-unsaturated/α-hetero) is 1. The van der Waals surface area contributed by atoms with Crippen LogP contribution in [0.1, 0.15) is 51.1 Å². The van der Waals surface area contributed by atoms with Crippen LogP contribution >= 0.6 is 0 Å². The summed E-state index contributed by atoms with van der Waals surface area (Å²) in [4.78, 5) is 28.6. The van der Waals surface area contributed by atoms with Crippen LogP contribution in [0.3, 0.4) is 0 Å². The van der Waals surface area contributed by atoms with Crippen LogP contribution in [-0.2, 0) is 11.2 Å². The number of methoxy groups -OCH3 is 1. The molecule has 0 aliphatic rings. The average molecular weight is 411 g/mol. The summed E-state index contributed by atoms with van der Waals surface area (Å²) < 4.78 is 18.1. The molecule has 0 aliphatic heterocycles. The largest absolute Gasteiger partial charge is 0.505 e. The zero-order valence-electron chi connectivity index (χ0n) is 16.5. The number of phenolic OH excluding ortho intramolecular Hbond substituents is 1. The molecule has 1 heterocycles. The quantitative estimate of drug-likeness (QED) is 0.401. The fourth-order valence-electron chi connectivity index (χ4n) is 3.31. The highest BCUT2D eigenvalue weighted by Gasteiger charge is 2.21. The minimum atomic E-state index is -1.21. The van der Waals surface area contributed by atoms with Crippen LogP contribution < -0.4 is 0 Å². The van der Waals surface area contributed by atoms with Gasteiger partial charge in [-0.15, -0.1) is 0 Å². The van der Waals surface area contributed by atoms with Crippen molar-refractivity contribution in [3.8, 4) is 5.75 Å². The summed E-state index contributed by atoms with van der Waals surface area (Å²) in [6, 6.07) is 8.82. The van der Waals surface area contributed by atoms with Gasteiger partial charge in [-0.1, -0.05) is 12.1 Å². The number of unbranched alkanes of at least 4 members (excludes halogenated alkanes) is 1. The lowest BCUT2D eigenvalue weighted by Gasteiger charge is -2.11. The van der Waals surface area contributed by atoms with Crippen molar-refractivity contribution in [2.75, 3.05) is 13.7 Å². The van der Waals surface area contributed by atoms with Gasteiger partial charge in [0.05, 0.1) is 11.1 Å². The first-order chi connectivity index (χ1) is 14.4. The molecule has 3 rings (SSSR count). The number of aromatic nitrogens is 1. The van der Waals surface area contributed by atoms with Crippen LogP contribution in [0.25, 0.3) is 10.9 Å². The minimum absolute atomic E-state index is 0.0453. The summed E-state index contributed by atoms with van der Waals surface area (Å²) in [5.74, 6) is -2.22. The number of pyridine rings is 1. The number of phenols is 1. The monoisotopic (exact) mass is 411 g/mol. The molecule has 30 heavy (non-hydrogen) atoms. The number of carboxylic acid groups (broad SMARTS) is 1. The summed E-state index contributed by atoms with van der Waals surface area (Å²) in [6.07, 6.45) is 3.36. The number of carboxylic acids is 1. The molecule has 7 heteroatoms. The van der Waals surface area contributed by atoms with E-state index in [1.807, 2.05) is 0 Å². The van der Waals surface area contributed by atoms with E-state index in [1.165, 1.54) is 24.4 Å². The Balaban J connectivity index is 1.96. The van der Waals surface area contributed by atoms with Gasteiger partial charge in [0.1, 0.15) is 11.3 Å². The molecule has 3 aromatic rings. The Morgan fingerprint density at radius 3 is 2.47 bits per heavy atom. The van der Waals surface area contributed by atoms with Gasteiger partial charge in [-0.2, -0.15) is 0 Å². The van der Waals surface area contributed by atoms with Crippen molar-refractivity contribution in [1.29, 1.82) is 0 Å². The van der Waals surface area contributed by atoms with Gasteiger partial charge in [0, 0.05) is 31.7 Å². The Bertz CT molecular complexity index is 1080. The second kappa shape index (κ2) is 9.45. The highest BCUT2D eigenvalue weighted by atomic mass is 19.1. The number of benzene rings is 2. The lowest BCUT2D eigenvalue weighted by atomic mass is 9.96. The van der Waals surface area contributed by atoms with Gasteiger partial charge in [-0.25, -0.2) is 9.18 Å². The summed E-state index contributed by atoms with van der Waals surface area (Å²) in [6.45, 7) is 0.524. The SMILES string of the molecule is COCCCCC(=O)c1cc(C(=O)O)c2cc(Cc3ccc(F)cc3)cnc2c1O. The topological polar surface area (TPSA) is 96.7 Å². The van der Waals surface area contributed by atoms with Crippen molar-refractivity contribution in [1.82, 2.24) is 4.98 Å². The van der Waals surface area contributed by atoms with E-state index >= 15 is 0 Å². The molecule has 0 bridgehead atoms. The predicted octanol–water partition coefficient (Wildman–Crippen LogP) is 4.37. The number of carbonyl (C=O) groups is 2. The van der Waals surface area contributed by atoms with Gasteiger partial charge in [-0.3, -0.25) is 9.78 Å². The first-order valence-electron chi connectivity index (χ1n) is 9.55. The molecule has 0 saturated heterocycles. The standard InChI is InChI=1S/C23H22FNO5/c1-30-9-3-2-4-20(26)19-12-18(23(28)29)17-11-15(13-25-21(17)22(19)27)10-14-5-7-16(24)8-6-14/h5-8,11-13,27H,2-4,9-10H2,1H3,(H,28,29). The molecule has 0 unspecified atom stereocenters. The minimum Gasteiger partial charge on any atom is -0.505 e. The molecular formula is C23H22FNO5. The van der Waals surface area contributed by atoms with Crippen molar-refractivity contribution < 1.29 is 28.9 Å². The normalized spacial score (nSPS) is 11.0. The number of rotatable bonds is 9. The number of halogens is 1. The molecule has 2 aromatic carbocycles. The number of fused-ring (bicyclic) bond motifs is 1. The zero-order valence-corrected chi connectivity index (χ0v) is 16.5. The third kappa shape index (κ3) is 4.80. The van der Waals surface area contributed by atoms with E-state index in [2.05, 4.69) is 4.98 Å². The molecule has 0 radical (unpaired) electrons. The van der Waals surface area contributed by atoms with E-state index in [0.717, 1.165) is 5.56 Å². The molecule has 0 spiro atoms. The van der Waals surface area contributed by atoms with Gasteiger partial charge in [0.15, 0.2) is 11.5 Å². The van der Waals surface area contributed by atoms with E-state index in [4.69, 9.17) is 4.74 Å². The van der Waals surface area contributed by atoms with Crippen molar-refractivity contribution in [3.05, 3.63) is 70.7 Å². The molecule has 156 valence electrons. The lowest BCUT2D eigenvalue weighted by Crippen LogP contribution is -2.06. The molecular weight excluding hydrogens is 389 g/mol. The summed E-state index contributed by atoms with van der Waals surface area (Å²) in [5, 5.41) is 20.5. The Morgan fingerprint density at radius 2 is 1.80 bits per heavy atom. The maximum atomic E-state index is 13.1. The number of carbonyl (C=O) groups excluding carboxylic acids is 1. The third-order valence-electron chi connectivity index (χ3n) is 4.86. The molecule has 0 aliphatic carbocycles. The molecule has 6 nitrogen and oxygen atoms in total. The molecule has 0 fully saturated rings. The van der Waals surface area contributed by atoms with Crippen LogP contribution in [0.4, 0.5) is 4.39 Å². The summed E-state index contributed by atoms with van der Waals surface area (Å²) in [7, 11) is 1.58. The number of aromatic carboxylic acids is 1. The second-order valence-electron chi connectivity index (χ2n) is 7.04. The second-order valence-corrected chi connectivity index (χ2v) is 7.04. The van der Waals surface area contributed by atoms with E-state index < -0.39 is 5.97 Å². The Kier molecular flexibility index (Phi) is 6.74. The van der Waals surface area contributed by atoms with Crippen molar-refractivity contribution in [2.45, 2.75) is 25.7 Å². The highest BCUT2D eigenvalue weighted by Crippen LogP contribution is 2.32. The Morgan fingerprint density at radius 1 is 1.07 bits per heavy atom. The average Bonchev–Trinajstić information content (AvgIpc) is 2.73. The molecule has 0 amide bonds. The van der Waals surface area contributed by atoms with E-state index in [1.54, 1.807) is 25.3 Å². The number of hydrogen-bond acceptors (Lipinski definition) is 5. The molecule has 1 aromatic heterocycles. The number of ether oxygens (including phenoxy) is 1. The van der Waals surface area contributed by atoms with Gasteiger partial charge in [-0.05, 0) is 54.7 Å². The van der Waals surface area contributed by atoms with Crippen LogP contribution in [-0.4, -0.2) is 40.7 Å². The predicted molar refractivity (Wildman–Crippen MR) is 110 cm³/mol. The van der Waals surface area contributed by atoms with Gasteiger partial charge >= 0.3 is 5.97 Å². The van der Waals surface area contributed by atoms with E-state index in [0.29, 0.717) is 31.4 Å². The van der Waals surface area contributed by atoms with Crippen molar-refractivity contribution in [2.24, 2.45) is 0 Å². The van der Waals surface area contributed by atoms with Crippen LogP contribution in [0.5, 0.6) is 5.75 Å². The fourth-order valence-corrected chi connectivity index (χ4v) is 3.31. The number of nitrogens with zero attached hydrogens (tertiary/aromatic N) is 1. The zero-order chi connectivity index (χ0) is 21.7. The number of aromatic hydroxyl groups is 1. The van der Waals surface area contributed by atoms with Gasteiger partial charge in [0.2, 0.25) is 0 Å². The van der Waals surface area contributed by atoms with E-state index in [9.17, 15) is 24.2 Å². The molecule has 0 saturated carbocycles. The van der Waals surface area contributed by atoms with Crippen LogP contribution in [0, 0.1) is 5.82 Å². The van der Waals surface area contributed by atoms with Crippen molar-refractivity contribution in [3.63, 3.8) is 0 Å². The van der Waals surface area contributed by atoms with Gasteiger partial charge in [0.25, 0.3) is 0 Å².